The molecule has 2 amide bonds. The van der Waals surface area contributed by atoms with Crippen LogP contribution in [0.15, 0.2) is 76.0 Å². The monoisotopic (exact) mass is 539 g/mol. The zero-order valence-corrected chi connectivity index (χ0v) is 22.4. The van der Waals surface area contributed by atoms with Crippen LogP contribution in [0, 0.1) is 6.92 Å². The molecule has 0 radical (unpaired) electrons. The number of nitrogens with zero attached hydrogens (tertiary/aromatic N) is 2. The topological polar surface area (TPSA) is 109 Å². The van der Waals surface area contributed by atoms with E-state index >= 15 is 0 Å². The van der Waals surface area contributed by atoms with Gasteiger partial charge in [-0.25, -0.2) is 8.42 Å². The van der Waals surface area contributed by atoms with Gasteiger partial charge in [-0.1, -0.05) is 30.3 Å². The number of anilines is 1. The Morgan fingerprint density at radius 2 is 1.74 bits per heavy atom. The third-order valence-electron chi connectivity index (χ3n) is 6.27. The predicted octanol–water partition coefficient (Wildman–Crippen LogP) is 3.95. The van der Waals surface area contributed by atoms with Crippen molar-refractivity contribution in [1.82, 2.24) is 9.21 Å². The summed E-state index contributed by atoms with van der Waals surface area (Å²) in [5.74, 6) is 0.752. The van der Waals surface area contributed by atoms with E-state index < -0.39 is 10.0 Å². The number of nitrogens with one attached hydrogen (secondary N) is 1. The molecular weight excluding hydrogens is 506 g/mol. The van der Waals surface area contributed by atoms with Crippen molar-refractivity contribution < 1.29 is 27.2 Å². The molecule has 1 unspecified atom stereocenters. The van der Waals surface area contributed by atoms with Crippen LogP contribution in [0.3, 0.4) is 0 Å². The van der Waals surface area contributed by atoms with Gasteiger partial charge in [-0.15, -0.1) is 0 Å². The second-order valence-electron chi connectivity index (χ2n) is 9.39. The van der Waals surface area contributed by atoms with E-state index in [4.69, 9.17) is 9.15 Å². The average molecular weight is 540 g/mol. The van der Waals surface area contributed by atoms with Crippen molar-refractivity contribution in [3.8, 4) is 0 Å². The summed E-state index contributed by atoms with van der Waals surface area (Å²) in [6.07, 6.45) is 1.28. The first-order valence-corrected chi connectivity index (χ1v) is 14.0. The minimum Gasteiger partial charge on any atom is -0.464 e. The third-order valence-corrected chi connectivity index (χ3v) is 8.09. The van der Waals surface area contributed by atoms with Crippen LogP contribution in [0.1, 0.15) is 36.8 Å². The Morgan fingerprint density at radius 3 is 2.34 bits per heavy atom. The van der Waals surface area contributed by atoms with Crippen molar-refractivity contribution in [3.63, 3.8) is 0 Å². The standard InChI is InChI=1S/C28H33N3O6S/c1-21-10-13-26(37-21)18-30(17-23-7-4-3-5-8-23)28(33)20-31(19-25-9-6-16-36-25)38(34,35)27-14-11-24(12-15-27)29-22(2)32/h3-5,7-8,10-15,25H,6,9,16-20H2,1-2H3,(H,29,32). The molecule has 0 aliphatic carbocycles. The molecule has 1 atom stereocenters. The molecule has 2 aromatic carbocycles. The fourth-order valence-corrected chi connectivity index (χ4v) is 5.79. The van der Waals surface area contributed by atoms with E-state index in [-0.39, 0.29) is 42.4 Å². The van der Waals surface area contributed by atoms with Crippen molar-refractivity contribution in [1.29, 1.82) is 0 Å². The molecule has 3 aromatic rings. The Morgan fingerprint density at radius 1 is 1.00 bits per heavy atom. The molecule has 1 N–H and O–H groups in total. The van der Waals surface area contributed by atoms with Crippen molar-refractivity contribution in [2.75, 3.05) is 25.0 Å². The molecule has 2 heterocycles. The lowest BCUT2D eigenvalue weighted by molar-refractivity contribution is -0.133. The van der Waals surface area contributed by atoms with Gasteiger partial charge in [0.05, 0.1) is 24.1 Å². The summed E-state index contributed by atoms with van der Waals surface area (Å²) >= 11 is 0. The molecular formula is C28H33N3O6S. The molecule has 1 aromatic heterocycles. The maximum absolute atomic E-state index is 13.7. The SMILES string of the molecule is CC(=O)Nc1ccc(S(=O)(=O)N(CC(=O)N(Cc2ccccc2)Cc2ccc(C)o2)CC2CCCO2)cc1. The highest BCUT2D eigenvalue weighted by atomic mass is 32.2. The minimum atomic E-state index is -4.03. The van der Waals surface area contributed by atoms with Crippen LogP contribution < -0.4 is 5.32 Å². The van der Waals surface area contributed by atoms with Gasteiger partial charge in [-0.2, -0.15) is 4.31 Å². The summed E-state index contributed by atoms with van der Waals surface area (Å²) in [6, 6.07) is 19.1. The van der Waals surface area contributed by atoms with Crippen molar-refractivity contribution in [3.05, 3.63) is 83.8 Å². The summed E-state index contributed by atoms with van der Waals surface area (Å²) in [5.41, 5.74) is 1.41. The number of aryl methyl sites for hydroxylation is 1. The van der Waals surface area contributed by atoms with E-state index in [2.05, 4.69) is 5.32 Å². The zero-order valence-electron chi connectivity index (χ0n) is 21.6. The van der Waals surface area contributed by atoms with Crippen molar-refractivity contribution in [2.45, 2.75) is 50.8 Å². The van der Waals surface area contributed by atoms with Crippen LogP contribution in [0.2, 0.25) is 0 Å². The van der Waals surface area contributed by atoms with Crippen molar-refractivity contribution in [2.24, 2.45) is 0 Å². The highest BCUT2D eigenvalue weighted by Crippen LogP contribution is 2.23. The maximum atomic E-state index is 13.7. The first-order chi connectivity index (χ1) is 18.2. The van der Waals surface area contributed by atoms with Gasteiger partial charge >= 0.3 is 0 Å². The number of ether oxygens (including phenoxy) is 1. The van der Waals surface area contributed by atoms with E-state index in [0.29, 0.717) is 24.6 Å². The summed E-state index contributed by atoms with van der Waals surface area (Å²) in [5, 5.41) is 2.63. The summed E-state index contributed by atoms with van der Waals surface area (Å²) < 4.78 is 40.1. The molecule has 1 fully saturated rings. The smallest absolute Gasteiger partial charge is 0.243 e. The van der Waals surface area contributed by atoms with Crippen LogP contribution in [-0.4, -0.2) is 55.2 Å². The van der Waals surface area contributed by atoms with Gasteiger partial charge in [0.2, 0.25) is 21.8 Å². The highest BCUT2D eigenvalue weighted by molar-refractivity contribution is 7.89. The Hall–Kier alpha value is -3.47. The Labute approximate surface area is 223 Å². The highest BCUT2D eigenvalue weighted by Gasteiger charge is 2.32. The second kappa shape index (κ2) is 12.4. The number of carbonyl (C=O) groups excluding carboxylic acids is 2. The van der Waals surface area contributed by atoms with E-state index in [9.17, 15) is 18.0 Å². The Balaban J connectivity index is 1.59. The van der Waals surface area contributed by atoms with Gasteiger partial charge in [-0.05, 0) is 61.7 Å². The molecule has 1 aliphatic rings. The number of furan rings is 1. The predicted molar refractivity (Wildman–Crippen MR) is 143 cm³/mol. The number of benzene rings is 2. The van der Waals surface area contributed by atoms with E-state index in [1.807, 2.05) is 49.4 Å². The fraction of sp³-hybridized carbons (Fsp3) is 0.357. The largest absolute Gasteiger partial charge is 0.464 e. The lowest BCUT2D eigenvalue weighted by Gasteiger charge is -2.28. The molecule has 4 rings (SSSR count). The van der Waals surface area contributed by atoms with E-state index in [1.165, 1.54) is 35.5 Å². The summed E-state index contributed by atoms with van der Waals surface area (Å²) in [7, 11) is -4.03. The van der Waals surface area contributed by atoms with Gasteiger partial charge in [0.15, 0.2) is 0 Å². The summed E-state index contributed by atoms with van der Waals surface area (Å²) in [4.78, 5) is 26.7. The molecule has 0 saturated carbocycles. The first-order valence-electron chi connectivity index (χ1n) is 12.6. The van der Waals surface area contributed by atoms with Crippen LogP contribution in [0.5, 0.6) is 0 Å². The normalized spacial score (nSPS) is 15.5. The average Bonchev–Trinajstić information content (AvgIpc) is 3.55. The number of amides is 2. The quantitative estimate of drug-likeness (QED) is 0.395. The summed E-state index contributed by atoms with van der Waals surface area (Å²) in [6.45, 7) is 4.02. The fourth-order valence-electron chi connectivity index (χ4n) is 4.37. The second-order valence-corrected chi connectivity index (χ2v) is 11.3. The number of hydrogen-bond donors (Lipinski definition) is 1. The van der Waals surface area contributed by atoms with E-state index in [0.717, 1.165) is 24.2 Å². The van der Waals surface area contributed by atoms with Crippen LogP contribution in [0.4, 0.5) is 5.69 Å². The van der Waals surface area contributed by atoms with Gasteiger partial charge < -0.3 is 19.4 Å². The van der Waals surface area contributed by atoms with Gasteiger partial charge in [0.1, 0.15) is 11.5 Å². The van der Waals surface area contributed by atoms with Crippen LogP contribution in [-0.2, 0) is 37.4 Å². The zero-order chi connectivity index (χ0) is 27.1. The van der Waals surface area contributed by atoms with Crippen LogP contribution in [0.25, 0.3) is 0 Å². The number of carbonyl (C=O) groups is 2. The van der Waals surface area contributed by atoms with Gasteiger partial charge in [-0.3, -0.25) is 9.59 Å². The number of hydrogen-bond acceptors (Lipinski definition) is 6. The molecule has 0 spiro atoms. The minimum absolute atomic E-state index is 0.0358. The molecule has 202 valence electrons. The molecule has 9 nitrogen and oxygen atoms in total. The maximum Gasteiger partial charge on any atom is 0.243 e. The molecule has 1 aliphatic heterocycles. The lowest BCUT2D eigenvalue weighted by Crippen LogP contribution is -2.45. The lowest BCUT2D eigenvalue weighted by atomic mass is 10.2. The Bertz CT molecular complexity index is 1330. The van der Waals surface area contributed by atoms with Crippen molar-refractivity contribution >= 4 is 27.5 Å². The van der Waals surface area contributed by atoms with Crippen LogP contribution >= 0.6 is 0 Å². The van der Waals surface area contributed by atoms with E-state index in [1.54, 1.807) is 4.90 Å². The number of sulfonamides is 1. The first kappa shape index (κ1) is 27.6. The molecule has 0 bridgehead atoms. The van der Waals surface area contributed by atoms with Gasteiger partial charge in [0.25, 0.3) is 0 Å². The molecule has 1 saturated heterocycles. The molecule has 10 heteroatoms. The third kappa shape index (κ3) is 7.31. The van der Waals surface area contributed by atoms with Gasteiger partial charge in [0, 0.05) is 32.3 Å². The molecule has 38 heavy (non-hydrogen) atoms. The Kier molecular flexibility index (Phi) is 8.98. The number of rotatable bonds is 11.